The Morgan fingerprint density at radius 1 is 1.00 bits per heavy atom. The Morgan fingerprint density at radius 2 is 1.76 bits per heavy atom. The van der Waals surface area contributed by atoms with Crippen molar-refractivity contribution in [1.82, 2.24) is 0 Å². The largest absolute Gasteiger partial charge is 0.493 e. The Kier molecular flexibility index (Phi) is 2.60. The summed E-state index contributed by atoms with van der Waals surface area (Å²) in [5.41, 5.74) is 5.22. The molecular formula is C16H16O. The highest BCUT2D eigenvalue weighted by atomic mass is 16.5. The number of ether oxygens (including phenoxy) is 1. The van der Waals surface area contributed by atoms with Gasteiger partial charge in [0.1, 0.15) is 5.75 Å². The fourth-order valence-corrected chi connectivity index (χ4v) is 2.28. The van der Waals surface area contributed by atoms with Crippen LogP contribution >= 0.6 is 0 Å². The molecule has 0 aromatic heterocycles. The molecule has 0 aliphatic carbocycles. The summed E-state index contributed by atoms with van der Waals surface area (Å²) in [4.78, 5) is 0. The van der Waals surface area contributed by atoms with Gasteiger partial charge in [-0.3, -0.25) is 0 Å². The number of aryl methyl sites for hydroxylation is 1. The average Bonchev–Trinajstić information content (AvgIpc) is 2.86. The minimum Gasteiger partial charge on any atom is -0.493 e. The fraction of sp³-hybridized carbons (Fsp3) is 0.250. The molecule has 1 nitrogen and oxygen atoms in total. The molecule has 17 heavy (non-hydrogen) atoms. The van der Waals surface area contributed by atoms with Crippen molar-refractivity contribution < 1.29 is 4.74 Å². The van der Waals surface area contributed by atoms with E-state index in [0.29, 0.717) is 0 Å². The fourth-order valence-electron chi connectivity index (χ4n) is 2.28. The maximum absolute atomic E-state index is 5.61. The van der Waals surface area contributed by atoms with Gasteiger partial charge in [0.15, 0.2) is 0 Å². The zero-order valence-electron chi connectivity index (χ0n) is 10.1. The van der Waals surface area contributed by atoms with Crippen LogP contribution in [-0.4, -0.2) is 6.61 Å². The van der Waals surface area contributed by atoms with E-state index in [9.17, 15) is 0 Å². The Morgan fingerprint density at radius 3 is 2.53 bits per heavy atom. The van der Waals surface area contributed by atoms with Crippen molar-refractivity contribution in [3.05, 3.63) is 53.6 Å². The highest BCUT2D eigenvalue weighted by molar-refractivity contribution is 5.66. The first-order valence-electron chi connectivity index (χ1n) is 6.22. The molecule has 1 aliphatic rings. The quantitative estimate of drug-likeness (QED) is 0.752. The topological polar surface area (TPSA) is 9.23 Å². The van der Waals surface area contributed by atoms with Crippen LogP contribution in [0.3, 0.4) is 0 Å². The van der Waals surface area contributed by atoms with Crippen LogP contribution in [0.1, 0.15) is 18.1 Å². The van der Waals surface area contributed by atoms with E-state index in [1.165, 1.54) is 22.3 Å². The van der Waals surface area contributed by atoms with E-state index in [2.05, 4.69) is 49.4 Å². The lowest BCUT2D eigenvalue weighted by molar-refractivity contribution is 0.357. The van der Waals surface area contributed by atoms with E-state index < -0.39 is 0 Å². The lowest BCUT2D eigenvalue weighted by atomic mass is 10.0. The van der Waals surface area contributed by atoms with E-state index in [1.54, 1.807) is 0 Å². The molecule has 2 aromatic carbocycles. The zero-order valence-corrected chi connectivity index (χ0v) is 10.1. The van der Waals surface area contributed by atoms with Gasteiger partial charge < -0.3 is 4.74 Å². The molecule has 0 spiro atoms. The van der Waals surface area contributed by atoms with Gasteiger partial charge in [-0.2, -0.15) is 0 Å². The van der Waals surface area contributed by atoms with Crippen molar-refractivity contribution in [3.8, 4) is 16.9 Å². The van der Waals surface area contributed by atoms with E-state index in [0.717, 1.165) is 25.2 Å². The number of benzene rings is 2. The third-order valence-corrected chi connectivity index (χ3v) is 3.39. The predicted octanol–water partition coefficient (Wildman–Crippen LogP) is 3.85. The Bertz CT molecular complexity index is 526. The lowest BCUT2D eigenvalue weighted by Gasteiger charge is -2.05. The molecule has 0 bridgehead atoms. The van der Waals surface area contributed by atoms with Crippen LogP contribution in [0.15, 0.2) is 42.5 Å². The van der Waals surface area contributed by atoms with Gasteiger partial charge in [0.25, 0.3) is 0 Å². The second-order valence-corrected chi connectivity index (χ2v) is 4.47. The molecule has 0 N–H and O–H groups in total. The summed E-state index contributed by atoms with van der Waals surface area (Å²) in [7, 11) is 0. The smallest absolute Gasteiger partial charge is 0.123 e. The van der Waals surface area contributed by atoms with Crippen LogP contribution in [0.5, 0.6) is 5.75 Å². The summed E-state index contributed by atoms with van der Waals surface area (Å²) >= 11 is 0. The number of fused-ring (bicyclic) bond motifs is 1. The minimum absolute atomic E-state index is 0.827. The third-order valence-electron chi connectivity index (χ3n) is 3.39. The molecule has 0 saturated heterocycles. The normalized spacial score (nSPS) is 13.2. The number of hydrogen-bond acceptors (Lipinski definition) is 1. The van der Waals surface area contributed by atoms with Crippen LogP contribution < -0.4 is 4.74 Å². The van der Waals surface area contributed by atoms with Gasteiger partial charge >= 0.3 is 0 Å². The summed E-state index contributed by atoms with van der Waals surface area (Å²) in [6, 6.07) is 15.3. The first kappa shape index (κ1) is 10.4. The highest BCUT2D eigenvalue weighted by Crippen LogP contribution is 2.31. The van der Waals surface area contributed by atoms with Gasteiger partial charge in [-0.1, -0.05) is 43.3 Å². The van der Waals surface area contributed by atoms with E-state index in [4.69, 9.17) is 4.74 Å². The van der Waals surface area contributed by atoms with Gasteiger partial charge in [0.2, 0.25) is 0 Å². The van der Waals surface area contributed by atoms with Gasteiger partial charge in [-0.05, 0) is 34.7 Å². The molecule has 0 saturated carbocycles. The van der Waals surface area contributed by atoms with Crippen molar-refractivity contribution in [2.75, 3.05) is 6.61 Å². The summed E-state index contributed by atoms with van der Waals surface area (Å²) in [6.07, 6.45) is 2.14. The van der Waals surface area contributed by atoms with Crippen molar-refractivity contribution in [1.29, 1.82) is 0 Å². The SMILES string of the molecule is CCc1ccc(-c2ccc3c(c2)OCC3)cc1. The predicted molar refractivity (Wildman–Crippen MR) is 70.5 cm³/mol. The van der Waals surface area contributed by atoms with E-state index in [-0.39, 0.29) is 0 Å². The Balaban J connectivity index is 1.97. The van der Waals surface area contributed by atoms with Crippen molar-refractivity contribution in [3.63, 3.8) is 0 Å². The second-order valence-electron chi connectivity index (χ2n) is 4.47. The Hall–Kier alpha value is -1.76. The molecule has 1 heteroatoms. The van der Waals surface area contributed by atoms with Crippen LogP contribution in [-0.2, 0) is 12.8 Å². The van der Waals surface area contributed by atoms with Crippen LogP contribution in [0, 0.1) is 0 Å². The summed E-state index contributed by atoms with van der Waals surface area (Å²) in [5.74, 6) is 1.06. The number of hydrogen-bond donors (Lipinski definition) is 0. The second kappa shape index (κ2) is 4.25. The maximum Gasteiger partial charge on any atom is 0.123 e. The van der Waals surface area contributed by atoms with E-state index in [1.807, 2.05) is 0 Å². The first-order valence-corrected chi connectivity index (χ1v) is 6.22. The third kappa shape index (κ3) is 1.93. The highest BCUT2D eigenvalue weighted by Gasteiger charge is 2.12. The standard InChI is InChI=1S/C16H16O/c1-2-12-3-5-13(6-4-12)15-8-7-14-9-10-17-16(14)11-15/h3-8,11H,2,9-10H2,1H3. The van der Waals surface area contributed by atoms with Gasteiger partial charge in [0.05, 0.1) is 6.61 Å². The van der Waals surface area contributed by atoms with E-state index >= 15 is 0 Å². The van der Waals surface area contributed by atoms with Crippen LogP contribution in [0.4, 0.5) is 0 Å². The molecule has 0 radical (unpaired) electrons. The minimum atomic E-state index is 0.827. The molecule has 86 valence electrons. The molecule has 2 aromatic rings. The molecule has 1 heterocycles. The molecule has 1 aliphatic heterocycles. The molecule has 0 amide bonds. The van der Waals surface area contributed by atoms with Crippen molar-refractivity contribution >= 4 is 0 Å². The van der Waals surface area contributed by atoms with Gasteiger partial charge in [-0.15, -0.1) is 0 Å². The lowest BCUT2D eigenvalue weighted by Crippen LogP contribution is -1.86. The number of rotatable bonds is 2. The Labute approximate surface area is 102 Å². The zero-order chi connectivity index (χ0) is 11.7. The molecule has 0 fully saturated rings. The van der Waals surface area contributed by atoms with Gasteiger partial charge in [-0.25, -0.2) is 0 Å². The van der Waals surface area contributed by atoms with Crippen LogP contribution in [0.2, 0.25) is 0 Å². The van der Waals surface area contributed by atoms with Gasteiger partial charge in [0, 0.05) is 6.42 Å². The molecular weight excluding hydrogens is 208 g/mol. The summed E-state index contributed by atoms with van der Waals surface area (Å²) in [5, 5.41) is 0. The molecule has 0 unspecified atom stereocenters. The molecule has 0 atom stereocenters. The summed E-state index contributed by atoms with van der Waals surface area (Å²) < 4.78 is 5.61. The van der Waals surface area contributed by atoms with Crippen molar-refractivity contribution in [2.45, 2.75) is 19.8 Å². The first-order chi connectivity index (χ1) is 8.36. The van der Waals surface area contributed by atoms with Crippen molar-refractivity contribution in [2.24, 2.45) is 0 Å². The monoisotopic (exact) mass is 224 g/mol. The van der Waals surface area contributed by atoms with Crippen LogP contribution in [0.25, 0.3) is 11.1 Å². The molecule has 3 rings (SSSR count). The maximum atomic E-state index is 5.61. The summed E-state index contributed by atoms with van der Waals surface area (Å²) in [6.45, 7) is 3.01. The average molecular weight is 224 g/mol.